The molecule has 0 amide bonds. The van der Waals surface area contributed by atoms with Crippen molar-refractivity contribution in [3.63, 3.8) is 0 Å². The Morgan fingerprint density at radius 1 is 1.18 bits per heavy atom. The van der Waals surface area contributed by atoms with Crippen molar-refractivity contribution in [2.45, 2.75) is 6.92 Å². The first kappa shape index (κ1) is 15.7. The van der Waals surface area contributed by atoms with Gasteiger partial charge >= 0.3 is 0 Å². The van der Waals surface area contributed by atoms with E-state index in [0.717, 1.165) is 22.5 Å². The summed E-state index contributed by atoms with van der Waals surface area (Å²) in [4.78, 5) is 2.08. The molecule has 0 aromatic heterocycles. The van der Waals surface area contributed by atoms with Crippen molar-refractivity contribution in [3.05, 3.63) is 65.2 Å². The number of nitrogens with zero attached hydrogens (tertiary/aromatic N) is 2. The molecule has 112 valence electrons. The number of likely N-dealkylation sites (N-methyl/N-ethyl adjacent to an activating group) is 1. The van der Waals surface area contributed by atoms with E-state index in [0.29, 0.717) is 6.54 Å². The molecule has 22 heavy (non-hydrogen) atoms. The second-order valence-corrected chi connectivity index (χ2v) is 5.32. The number of anilines is 2. The first-order valence-corrected chi connectivity index (χ1v) is 7.29. The molecule has 0 aliphatic rings. The molecule has 0 radical (unpaired) electrons. The Hall–Kier alpha value is -2.73. The Kier molecular flexibility index (Phi) is 5.21. The van der Waals surface area contributed by atoms with Crippen LogP contribution in [0.25, 0.3) is 6.08 Å². The summed E-state index contributed by atoms with van der Waals surface area (Å²) in [5, 5.41) is 12.6. The van der Waals surface area contributed by atoms with Crippen LogP contribution in [0.1, 0.15) is 11.1 Å². The molecule has 2 aromatic rings. The van der Waals surface area contributed by atoms with Crippen LogP contribution in [0, 0.1) is 18.3 Å². The number of hydrogen-bond donors (Lipinski definition) is 1. The number of para-hydroxylation sites is 2. The molecule has 0 bridgehead atoms. The van der Waals surface area contributed by atoms with Crippen molar-refractivity contribution >= 4 is 17.5 Å². The lowest BCUT2D eigenvalue weighted by atomic mass is 10.1. The van der Waals surface area contributed by atoms with E-state index in [1.54, 1.807) is 0 Å². The van der Waals surface area contributed by atoms with E-state index < -0.39 is 0 Å². The van der Waals surface area contributed by atoms with E-state index in [4.69, 9.17) is 0 Å². The lowest BCUT2D eigenvalue weighted by Crippen LogP contribution is -2.20. The van der Waals surface area contributed by atoms with Gasteiger partial charge in [0.05, 0.1) is 24.0 Å². The van der Waals surface area contributed by atoms with E-state index >= 15 is 0 Å². The smallest absolute Gasteiger partial charge is 0.0966 e. The van der Waals surface area contributed by atoms with Crippen LogP contribution >= 0.6 is 0 Å². The van der Waals surface area contributed by atoms with Gasteiger partial charge in [0.25, 0.3) is 0 Å². The first-order valence-electron chi connectivity index (χ1n) is 7.29. The van der Waals surface area contributed by atoms with Crippen molar-refractivity contribution in [2.24, 2.45) is 0 Å². The van der Waals surface area contributed by atoms with Crippen molar-refractivity contribution < 1.29 is 0 Å². The molecular weight excluding hydrogens is 270 g/mol. The van der Waals surface area contributed by atoms with Crippen LogP contribution in [-0.4, -0.2) is 20.6 Å². The number of benzene rings is 2. The lowest BCUT2D eigenvalue weighted by molar-refractivity contribution is 1.01. The van der Waals surface area contributed by atoms with Crippen LogP contribution in [0.3, 0.4) is 0 Å². The third-order valence-corrected chi connectivity index (χ3v) is 3.55. The predicted molar refractivity (Wildman–Crippen MR) is 94.0 cm³/mol. The fourth-order valence-electron chi connectivity index (χ4n) is 2.34. The fourth-order valence-corrected chi connectivity index (χ4v) is 2.34. The van der Waals surface area contributed by atoms with E-state index in [1.807, 2.05) is 56.6 Å². The van der Waals surface area contributed by atoms with Crippen LogP contribution in [0.2, 0.25) is 0 Å². The number of nitriles is 1. The highest BCUT2D eigenvalue weighted by Crippen LogP contribution is 2.24. The van der Waals surface area contributed by atoms with Crippen LogP contribution in [0.4, 0.5) is 11.4 Å². The number of hydrogen-bond acceptors (Lipinski definition) is 3. The zero-order chi connectivity index (χ0) is 15.9. The van der Waals surface area contributed by atoms with E-state index in [2.05, 4.69) is 35.3 Å². The fraction of sp³-hybridized carbons (Fsp3) is 0.211. The van der Waals surface area contributed by atoms with Crippen LogP contribution in [0.15, 0.2) is 54.1 Å². The summed E-state index contributed by atoms with van der Waals surface area (Å²) >= 11 is 0. The highest BCUT2D eigenvalue weighted by molar-refractivity contribution is 5.70. The molecule has 0 aliphatic heterocycles. The summed E-state index contributed by atoms with van der Waals surface area (Å²) in [6.07, 6.45) is 1.94. The van der Waals surface area contributed by atoms with Gasteiger partial charge in [0.2, 0.25) is 0 Å². The maximum atomic E-state index is 9.40. The van der Waals surface area contributed by atoms with Gasteiger partial charge in [0.15, 0.2) is 0 Å². The third-order valence-electron chi connectivity index (χ3n) is 3.55. The summed E-state index contributed by atoms with van der Waals surface area (Å²) in [6, 6.07) is 18.6. The zero-order valence-corrected chi connectivity index (χ0v) is 13.3. The molecule has 3 heteroatoms. The Balaban J connectivity index is 2.19. The van der Waals surface area contributed by atoms with E-state index in [1.165, 1.54) is 5.56 Å². The molecule has 0 aliphatic carbocycles. The van der Waals surface area contributed by atoms with Crippen LogP contribution in [0.5, 0.6) is 0 Å². The Morgan fingerprint density at radius 2 is 1.86 bits per heavy atom. The summed E-state index contributed by atoms with van der Waals surface area (Å²) in [5.74, 6) is 0. The average Bonchev–Trinajstić information content (AvgIpc) is 2.56. The van der Waals surface area contributed by atoms with Crippen molar-refractivity contribution in [2.75, 3.05) is 30.9 Å². The molecule has 0 atom stereocenters. The predicted octanol–water partition coefficient (Wildman–Crippen LogP) is 4.08. The van der Waals surface area contributed by atoms with Gasteiger partial charge in [-0.05, 0) is 30.7 Å². The number of aryl methyl sites for hydroxylation is 1. The highest BCUT2D eigenvalue weighted by atomic mass is 15.1. The zero-order valence-electron chi connectivity index (χ0n) is 13.3. The summed E-state index contributed by atoms with van der Waals surface area (Å²) in [7, 11) is 3.90. The Bertz CT molecular complexity index is 693. The second-order valence-electron chi connectivity index (χ2n) is 5.32. The van der Waals surface area contributed by atoms with Crippen molar-refractivity contribution in [1.29, 1.82) is 5.26 Å². The van der Waals surface area contributed by atoms with Crippen molar-refractivity contribution in [1.82, 2.24) is 0 Å². The highest BCUT2D eigenvalue weighted by Gasteiger charge is 2.08. The molecule has 0 heterocycles. The average molecular weight is 291 g/mol. The number of rotatable bonds is 5. The van der Waals surface area contributed by atoms with Gasteiger partial charge in [0.1, 0.15) is 0 Å². The van der Waals surface area contributed by atoms with Gasteiger partial charge in [-0.2, -0.15) is 5.26 Å². The molecular formula is C19H21N3. The SMILES string of the molecule is CNc1ccccc1N(C)C/C(C#N)=C/c1ccc(C)cc1. The molecule has 0 unspecified atom stereocenters. The normalized spacial score (nSPS) is 10.9. The lowest BCUT2D eigenvalue weighted by Gasteiger charge is -2.22. The van der Waals surface area contributed by atoms with Crippen LogP contribution < -0.4 is 10.2 Å². The maximum absolute atomic E-state index is 9.40. The van der Waals surface area contributed by atoms with Gasteiger partial charge in [-0.3, -0.25) is 0 Å². The minimum atomic E-state index is 0.572. The van der Waals surface area contributed by atoms with Gasteiger partial charge in [-0.25, -0.2) is 0 Å². The summed E-state index contributed by atoms with van der Waals surface area (Å²) in [6.45, 7) is 2.63. The Labute approximate surface area is 132 Å². The Morgan fingerprint density at radius 3 is 2.50 bits per heavy atom. The van der Waals surface area contributed by atoms with Gasteiger partial charge < -0.3 is 10.2 Å². The molecule has 0 saturated heterocycles. The van der Waals surface area contributed by atoms with Crippen LogP contribution in [-0.2, 0) is 0 Å². The number of nitrogens with one attached hydrogen (secondary N) is 1. The largest absolute Gasteiger partial charge is 0.386 e. The standard InChI is InChI=1S/C19H21N3/c1-15-8-10-16(11-9-15)12-17(13-20)14-22(3)19-7-5-4-6-18(19)21-2/h4-12,21H,14H2,1-3H3/b17-12+. The minimum absolute atomic E-state index is 0.572. The molecule has 3 nitrogen and oxygen atoms in total. The molecule has 0 spiro atoms. The second kappa shape index (κ2) is 7.33. The van der Waals surface area contributed by atoms with Gasteiger partial charge in [-0.1, -0.05) is 42.0 Å². The third kappa shape index (κ3) is 3.89. The van der Waals surface area contributed by atoms with Gasteiger partial charge in [0, 0.05) is 19.7 Å². The van der Waals surface area contributed by atoms with E-state index in [9.17, 15) is 5.26 Å². The molecule has 1 N–H and O–H groups in total. The molecule has 0 fully saturated rings. The maximum Gasteiger partial charge on any atom is 0.0966 e. The summed E-state index contributed by atoms with van der Waals surface area (Å²) in [5.41, 5.74) is 5.14. The topological polar surface area (TPSA) is 39.1 Å². The van der Waals surface area contributed by atoms with Crippen molar-refractivity contribution in [3.8, 4) is 6.07 Å². The molecule has 2 rings (SSSR count). The molecule has 0 saturated carbocycles. The van der Waals surface area contributed by atoms with Gasteiger partial charge in [-0.15, -0.1) is 0 Å². The minimum Gasteiger partial charge on any atom is -0.386 e. The quantitative estimate of drug-likeness (QED) is 0.844. The molecule has 2 aromatic carbocycles. The summed E-state index contributed by atoms with van der Waals surface area (Å²) < 4.78 is 0. The van der Waals surface area contributed by atoms with E-state index in [-0.39, 0.29) is 0 Å². The first-order chi connectivity index (χ1) is 10.6. The monoisotopic (exact) mass is 291 g/mol.